The molecule has 2 rings (SSSR count). The summed E-state index contributed by atoms with van der Waals surface area (Å²) >= 11 is 0. The zero-order valence-corrected chi connectivity index (χ0v) is 11.3. The first-order chi connectivity index (χ1) is 8.56. The van der Waals surface area contributed by atoms with Gasteiger partial charge in [-0.1, -0.05) is 5.16 Å². The zero-order valence-electron chi connectivity index (χ0n) is 11.3. The molecule has 5 heteroatoms. The van der Waals surface area contributed by atoms with E-state index in [9.17, 15) is 4.79 Å². The zero-order chi connectivity index (χ0) is 13.1. The normalized spacial score (nSPS) is 20.8. The SMILES string of the molecule is CC(=O)Cc1noc(CC2CCCN2C(C)C)n1. The van der Waals surface area contributed by atoms with E-state index in [1.54, 1.807) is 0 Å². The Morgan fingerprint density at radius 1 is 1.56 bits per heavy atom. The molecule has 1 atom stereocenters. The van der Waals surface area contributed by atoms with Gasteiger partial charge in [0.2, 0.25) is 5.89 Å². The molecule has 1 unspecified atom stereocenters. The van der Waals surface area contributed by atoms with Crippen molar-refractivity contribution in [3.05, 3.63) is 11.7 Å². The fraction of sp³-hybridized carbons (Fsp3) is 0.769. The van der Waals surface area contributed by atoms with E-state index in [0.29, 0.717) is 23.8 Å². The molecular weight excluding hydrogens is 230 g/mol. The predicted octanol–water partition coefficient (Wildman–Crippen LogP) is 1.62. The van der Waals surface area contributed by atoms with E-state index in [4.69, 9.17) is 4.52 Å². The minimum absolute atomic E-state index is 0.0621. The summed E-state index contributed by atoms with van der Waals surface area (Å²) in [5.41, 5.74) is 0. The molecule has 1 aromatic heterocycles. The predicted molar refractivity (Wildman–Crippen MR) is 67.3 cm³/mol. The van der Waals surface area contributed by atoms with Crippen LogP contribution in [0.25, 0.3) is 0 Å². The minimum atomic E-state index is 0.0621. The van der Waals surface area contributed by atoms with Gasteiger partial charge in [-0.25, -0.2) is 0 Å². The largest absolute Gasteiger partial charge is 0.339 e. The van der Waals surface area contributed by atoms with Gasteiger partial charge in [0.05, 0.1) is 6.42 Å². The number of likely N-dealkylation sites (tertiary alicyclic amines) is 1. The summed E-state index contributed by atoms with van der Waals surface area (Å²) in [5, 5.41) is 3.84. The highest BCUT2D eigenvalue weighted by Crippen LogP contribution is 2.22. The molecule has 0 N–H and O–H groups in total. The molecule has 2 heterocycles. The van der Waals surface area contributed by atoms with Gasteiger partial charge in [-0.3, -0.25) is 9.69 Å². The number of nitrogens with zero attached hydrogens (tertiary/aromatic N) is 3. The molecule has 18 heavy (non-hydrogen) atoms. The number of carbonyl (C=O) groups is 1. The number of carbonyl (C=O) groups excluding carboxylic acids is 1. The van der Waals surface area contributed by atoms with Crippen LogP contribution in [0.1, 0.15) is 45.3 Å². The summed E-state index contributed by atoms with van der Waals surface area (Å²) < 4.78 is 5.22. The van der Waals surface area contributed by atoms with Crippen molar-refractivity contribution < 1.29 is 9.32 Å². The Balaban J connectivity index is 1.96. The fourth-order valence-corrected chi connectivity index (χ4v) is 2.63. The second kappa shape index (κ2) is 5.61. The van der Waals surface area contributed by atoms with Gasteiger partial charge in [-0.15, -0.1) is 0 Å². The maximum Gasteiger partial charge on any atom is 0.228 e. The maximum atomic E-state index is 11.0. The van der Waals surface area contributed by atoms with Gasteiger partial charge in [0.15, 0.2) is 5.82 Å². The third kappa shape index (κ3) is 3.16. The molecule has 1 fully saturated rings. The van der Waals surface area contributed by atoms with Gasteiger partial charge < -0.3 is 4.52 Å². The molecule has 1 saturated heterocycles. The lowest BCUT2D eigenvalue weighted by Crippen LogP contribution is -2.36. The van der Waals surface area contributed by atoms with E-state index in [0.717, 1.165) is 13.0 Å². The Morgan fingerprint density at radius 2 is 2.33 bits per heavy atom. The van der Waals surface area contributed by atoms with Gasteiger partial charge >= 0.3 is 0 Å². The molecule has 1 aliphatic rings. The summed E-state index contributed by atoms with van der Waals surface area (Å²) in [7, 11) is 0. The molecule has 0 amide bonds. The monoisotopic (exact) mass is 251 g/mol. The molecule has 5 nitrogen and oxygen atoms in total. The number of Topliss-reactive ketones (excluding diaryl/α,β-unsaturated/α-hetero) is 1. The highest BCUT2D eigenvalue weighted by atomic mass is 16.5. The number of aromatic nitrogens is 2. The molecule has 0 aliphatic carbocycles. The van der Waals surface area contributed by atoms with Crippen LogP contribution >= 0.6 is 0 Å². The Bertz CT molecular complexity index is 414. The first-order valence-corrected chi connectivity index (χ1v) is 6.63. The summed E-state index contributed by atoms with van der Waals surface area (Å²) in [5.74, 6) is 1.22. The number of rotatable bonds is 5. The van der Waals surface area contributed by atoms with E-state index in [1.165, 1.54) is 19.8 Å². The van der Waals surface area contributed by atoms with Crippen LogP contribution in [-0.4, -0.2) is 39.5 Å². The van der Waals surface area contributed by atoms with Gasteiger partial charge in [0, 0.05) is 18.5 Å². The van der Waals surface area contributed by atoms with Crippen molar-refractivity contribution in [3.63, 3.8) is 0 Å². The second-order valence-electron chi connectivity index (χ2n) is 5.31. The first-order valence-electron chi connectivity index (χ1n) is 6.63. The summed E-state index contributed by atoms with van der Waals surface area (Å²) in [4.78, 5) is 17.7. The Hall–Kier alpha value is -1.23. The highest BCUT2D eigenvalue weighted by molar-refractivity contribution is 5.77. The van der Waals surface area contributed by atoms with Crippen LogP contribution < -0.4 is 0 Å². The molecule has 0 saturated carbocycles. The topological polar surface area (TPSA) is 59.2 Å². The lowest BCUT2D eigenvalue weighted by atomic mass is 10.1. The number of hydrogen-bond acceptors (Lipinski definition) is 5. The fourth-order valence-electron chi connectivity index (χ4n) is 2.63. The van der Waals surface area contributed by atoms with Crippen molar-refractivity contribution in [1.29, 1.82) is 0 Å². The van der Waals surface area contributed by atoms with E-state index in [1.807, 2.05) is 0 Å². The van der Waals surface area contributed by atoms with Crippen LogP contribution in [0.5, 0.6) is 0 Å². The third-order valence-corrected chi connectivity index (χ3v) is 3.41. The van der Waals surface area contributed by atoms with Crippen molar-refractivity contribution in [2.45, 2.75) is 58.5 Å². The lowest BCUT2D eigenvalue weighted by molar-refractivity contribution is -0.116. The quantitative estimate of drug-likeness (QED) is 0.795. The van der Waals surface area contributed by atoms with Crippen LogP contribution in [0.15, 0.2) is 4.52 Å². The van der Waals surface area contributed by atoms with Gasteiger partial charge in [0.1, 0.15) is 5.78 Å². The van der Waals surface area contributed by atoms with E-state index in [-0.39, 0.29) is 12.2 Å². The van der Waals surface area contributed by atoms with Gasteiger partial charge in [-0.2, -0.15) is 4.98 Å². The van der Waals surface area contributed by atoms with Crippen molar-refractivity contribution in [1.82, 2.24) is 15.0 Å². The molecule has 0 radical (unpaired) electrons. The van der Waals surface area contributed by atoms with Crippen molar-refractivity contribution >= 4 is 5.78 Å². The van der Waals surface area contributed by atoms with E-state index < -0.39 is 0 Å². The highest BCUT2D eigenvalue weighted by Gasteiger charge is 2.28. The average Bonchev–Trinajstić information content (AvgIpc) is 2.87. The van der Waals surface area contributed by atoms with Crippen LogP contribution in [0.4, 0.5) is 0 Å². The molecule has 0 spiro atoms. The Kier molecular flexibility index (Phi) is 4.11. The van der Waals surface area contributed by atoms with Crippen LogP contribution in [0, 0.1) is 0 Å². The number of ketones is 1. The van der Waals surface area contributed by atoms with Crippen LogP contribution in [0.3, 0.4) is 0 Å². The molecular formula is C13H21N3O2. The summed E-state index contributed by atoms with van der Waals surface area (Å²) in [6.45, 7) is 7.12. The summed E-state index contributed by atoms with van der Waals surface area (Å²) in [6, 6.07) is 1.05. The second-order valence-corrected chi connectivity index (χ2v) is 5.31. The van der Waals surface area contributed by atoms with Crippen molar-refractivity contribution in [2.75, 3.05) is 6.54 Å². The van der Waals surface area contributed by atoms with Crippen LogP contribution in [-0.2, 0) is 17.6 Å². The first kappa shape index (κ1) is 13.2. The molecule has 100 valence electrons. The minimum Gasteiger partial charge on any atom is -0.339 e. The Morgan fingerprint density at radius 3 is 3.00 bits per heavy atom. The van der Waals surface area contributed by atoms with E-state index >= 15 is 0 Å². The third-order valence-electron chi connectivity index (χ3n) is 3.41. The molecule has 0 aromatic carbocycles. The van der Waals surface area contributed by atoms with Gasteiger partial charge in [-0.05, 0) is 40.2 Å². The molecule has 1 aromatic rings. The smallest absolute Gasteiger partial charge is 0.228 e. The van der Waals surface area contributed by atoms with Gasteiger partial charge in [0.25, 0.3) is 0 Å². The molecule has 0 bridgehead atoms. The lowest BCUT2D eigenvalue weighted by Gasteiger charge is -2.27. The average molecular weight is 251 g/mol. The maximum absolute atomic E-state index is 11.0. The summed E-state index contributed by atoms with van der Waals surface area (Å²) in [6.07, 6.45) is 3.48. The van der Waals surface area contributed by atoms with Crippen molar-refractivity contribution in [3.8, 4) is 0 Å². The van der Waals surface area contributed by atoms with Crippen molar-refractivity contribution in [2.24, 2.45) is 0 Å². The van der Waals surface area contributed by atoms with Crippen LogP contribution in [0.2, 0.25) is 0 Å². The molecule has 1 aliphatic heterocycles. The number of hydrogen-bond donors (Lipinski definition) is 0. The van der Waals surface area contributed by atoms with E-state index in [2.05, 4.69) is 28.9 Å². The standard InChI is InChI=1S/C13H21N3O2/c1-9(2)16-6-4-5-11(16)8-13-14-12(15-18-13)7-10(3)17/h9,11H,4-8H2,1-3H3. The Labute approximate surface area is 108 Å².